The number of halogens is 4. The van der Waals surface area contributed by atoms with Crippen molar-refractivity contribution in [2.45, 2.75) is 19.4 Å². The molecule has 1 nitrogen and oxygen atoms in total. The molecule has 1 atom stereocenters. The summed E-state index contributed by atoms with van der Waals surface area (Å²) in [5.41, 5.74) is 1.19. The van der Waals surface area contributed by atoms with Crippen molar-refractivity contribution in [1.82, 2.24) is 5.32 Å². The Balaban J connectivity index is 2.52. The van der Waals surface area contributed by atoms with Crippen molar-refractivity contribution < 1.29 is 4.39 Å². The number of benzene rings is 2. The van der Waals surface area contributed by atoms with E-state index in [4.69, 9.17) is 34.8 Å². The predicted octanol–water partition coefficient (Wildman–Crippen LogP) is 5.87. The van der Waals surface area contributed by atoms with Crippen LogP contribution >= 0.6 is 34.8 Å². The van der Waals surface area contributed by atoms with Crippen molar-refractivity contribution in [3.05, 3.63) is 68.4 Å². The lowest BCUT2D eigenvalue weighted by Gasteiger charge is -2.22. The fourth-order valence-electron chi connectivity index (χ4n) is 2.16. The standard InChI is InChI=1S/C16H15Cl3FN/c1-2-8-21-16(11-4-3-5-13(18)15(11)19)12-9-10(17)6-7-14(12)20/h3-7,9,16,21H,2,8H2,1H3. The molecule has 0 spiro atoms. The van der Waals surface area contributed by atoms with E-state index < -0.39 is 6.04 Å². The van der Waals surface area contributed by atoms with E-state index in [0.717, 1.165) is 18.5 Å². The second-order valence-corrected chi connectivity index (χ2v) is 5.92. The summed E-state index contributed by atoms with van der Waals surface area (Å²) in [6.07, 6.45) is 0.914. The SMILES string of the molecule is CCCNC(c1cc(Cl)ccc1F)c1cccc(Cl)c1Cl. The second kappa shape index (κ2) is 7.46. The van der Waals surface area contributed by atoms with E-state index in [-0.39, 0.29) is 5.82 Å². The van der Waals surface area contributed by atoms with Crippen LogP contribution in [-0.2, 0) is 0 Å². The molecule has 112 valence electrons. The van der Waals surface area contributed by atoms with Crippen LogP contribution in [0.4, 0.5) is 4.39 Å². The van der Waals surface area contributed by atoms with Gasteiger partial charge >= 0.3 is 0 Å². The van der Waals surface area contributed by atoms with E-state index in [1.54, 1.807) is 18.2 Å². The molecule has 0 saturated heterocycles. The first-order valence-corrected chi connectivity index (χ1v) is 7.80. The van der Waals surface area contributed by atoms with E-state index >= 15 is 0 Å². The van der Waals surface area contributed by atoms with E-state index in [1.165, 1.54) is 12.1 Å². The Morgan fingerprint density at radius 3 is 2.57 bits per heavy atom. The Labute approximate surface area is 139 Å². The molecule has 0 amide bonds. The molecule has 0 aliphatic heterocycles. The normalized spacial score (nSPS) is 12.4. The Bertz CT molecular complexity index is 629. The third kappa shape index (κ3) is 3.89. The monoisotopic (exact) mass is 345 g/mol. The molecule has 1 N–H and O–H groups in total. The van der Waals surface area contributed by atoms with Crippen LogP contribution in [0.3, 0.4) is 0 Å². The lowest BCUT2D eigenvalue weighted by atomic mass is 9.98. The van der Waals surface area contributed by atoms with Crippen LogP contribution in [0, 0.1) is 5.82 Å². The molecule has 0 aliphatic carbocycles. The highest BCUT2D eigenvalue weighted by Gasteiger charge is 2.21. The van der Waals surface area contributed by atoms with Crippen molar-refractivity contribution in [1.29, 1.82) is 0 Å². The maximum atomic E-state index is 14.2. The van der Waals surface area contributed by atoms with Gasteiger partial charge in [0, 0.05) is 10.6 Å². The smallest absolute Gasteiger partial charge is 0.128 e. The molecule has 0 radical (unpaired) electrons. The molecule has 5 heteroatoms. The summed E-state index contributed by atoms with van der Waals surface area (Å²) < 4.78 is 14.2. The summed E-state index contributed by atoms with van der Waals surface area (Å²) in [6.45, 7) is 2.76. The largest absolute Gasteiger partial charge is 0.306 e. The average molecular weight is 347 g/mol. The minimum atomic E-state index is -0.394. The molecule has 0 aromatic heterocycles. The fourth-order valence-corrected chi connectivity index (χ4v) is 2.75. The minimum Gasteiger partial charge on any atom is -0.306 e. The highest BCUT2D eigenvalue weighted by atomic mass is 35.5. The summed E-state index contributed by atoms with van der Waals surface area (Å²) in [5.74, 6) is -0.330. The van der Waals surface area contributed by atoms with E-state index in [0.29, 0.717) is 20.6 Å². The molecular formula is C16H15Cl3FN. The Morgan fingerprint density at radius 2 is 1.86 bits per heavy atom. The first-order valence-electron chi connectivity index (χ1n) is 6.66. The van der Waals surface area contributed by atoms with Gasteiger partial charge in [-0.25, -0.2) is 4.39 Å². The Hall–Kier alpha value is -0.800. The van der Waals surface area contributed by atoms with E-state index in [9.17, 15) is 4.39 Å². The second-order valence-electron chi connectivity index (χ2n) is 4.70. The Morgan fingerprint density at radius 1 is 1.10 bits per heavy atom. The highest BCUT2D eigenvalue weighted by Crippen LogP contribution is 2.34. The van der Waals surface area contributed by atoms with Gasteiger partial charge in [-0.2, -0.15) is 0 Å². The lowest BCUT2D eigenvalue weighted by Crippen LogP contribution is -2.24. The molecular weight excluding hydrogens is 332 g/mol. The van der Waals surface area contributed by atoms with Gasteiger partial charge in [0.1, 0.15) is 5.82 Å². The quantitative estimate of drug-likeness (QED) is 0.713. The summed E-state index contributed by atoms with van der Waals surface area (Å²) in [5, 5.41) is 4.64. The molecule has 0 heterocycles. The van der Waals surface area contributed by atoms with Gasteiger partial charge in [-0.15, -0.1) is 0 Å². The highest BCUT2D eigenvalue weighted by molar-refractivity contribution is 6.42. The third-order valence-corrected chi connectivity index (χ3v) is 4.23. The molecule has 2 aromatic carbocycles. The van der Waals surface area contributed by atoms with Crippen LogP contribution < -0.4 is 5.32 Å². The number of nitrogens with one attached hydrogen (secondary N) is 1. The summed E-state index contributed by atoms with van der Waals surface area (Å²) in [7, 11) is 0. The minimum absolute atomic E-state index is 0.330. The summed E-state index contributed by atoms with van der Waals surface area (Å²) >= 11 is 18.4. The predicted molar refractivity (Wildman–Crippen MR) is 88.0 cm³/mol. The number of hydrogen-bond donors (Lipinski definition) is 1. The lowest BCUT2D eigenvalue weighted by molar-refractivity contribution is 0.547. The average Bonchev–Trinajstić information content (AvgIpc) is 2.47. The van der Waals surface area contributed by atoms with Crippen LogP contribution in [0.15, 0.2) is 36.4 Å². The summed E-state index contributed by atoms with van der Waals surface area (Å²) in [6, 6.07) is 9.44. The Kier molecular flexibility index (Phi) is 5.88. The zero-order valence-corrected chi connectivity index (χ0v) is 13.7. The summed E-state index contributed by atoms with van der Waals surface area (Å²) in [4.78, 5) is 0. The van der Waals surface area contributed by atoms with Gasteiger partial charge in [-0.1, -0.05) is 53.9 Å². The van der Waals surface area contributed by atoms with Crippen molar-refractivity contribution in [2.24, 2.45) is 0 Å². The van der Waals surface area contributed by atoms with Crippen LogP contribution in [0.1, 0.15) is 30.5 Å². The van der Waals surface area contributed by atoms with Crippen molar-refractivity contribution in [2.75, 3.05) is 6.54 Å². The molecule has 2 aromatic rings. The number of hydrogen-bond acceptors (Lipinski definition) is 1. The van der Waals surface area contributed by atoms with Gasteiger partial charge in [-0.05, 0) is 42.8 Å². The van der Waals surface area contributed by atoms with Gasteiger partial charge in [-0.3, -0.25) is 0 Å². The first kappa shape index (κ1) is 16.6. The van der Waals surface area contributed by atoms with Crippen molar-refractivity contribution in [3.8, 4) is 0 Å². The van der Waals surface area contributed by atoms with Crippen LogP contribution in [0.2, 0.25) is 15.1 Å². The van der Waals surface area contributed by atoms with Crippen molar-refractivity contribution >= 4 is 34.8 Å². The maximum absolute atomic E-state index is 14.2. The molecule has 0 aliphatic rings. The molecule has 0 fully saturated rings. The van der Waals surface area contributed by atoms with Gasteiger partial charge in [0.05, 0.1) is 16.1 Å². The zero-order chi connectivity index (χ0) is 15.4. The van der Waals surface area contributed by atoms with Gasteiger partial charge in [0.15, 0.2) is 0 Å². The van der Waals surface area contributed by atoms with Crippen LogP contribution in [0.25, 0.3) is 0 Å². The van der Waals surface area contributed by atoms with E-state index in [1.807, 2.05) is 13.0 Å². The van der Waals surface area contributed by atoms with Crippen LogP contribution in [-0.4, -0.2) is 6.54 Å². The topological polar surface area (TPSA) is 12.0 Å². The molecule has 0 bridgehead atoms. The number of rotatable bonds is 5. The van der Waals surface area contributed by atoms with Crippen LogP contribution in [0.5, 0.6) is 0 Å². The van der Waals surface area contributed by atoms with E-state index in [2.05, 4.69) is 5.32 Å². The molecule has 21 heavy (non-hydrogen) atoms. The van der Waals surface area contributed by atoms with Gasteiger partial charge in [0.25, 0.3) is 0 Å². The molecule has 2 rings (SSSR count). The zero-order valence-electron chi connectivity index (χ0n) is 11.5. The van der Waals surface area contributed by atoms with Gasteiger partial charge in [0.2, 0.25) is 0 Å². The maximum Gasteiger partial charge on any atom is 0.128 e. The molecule has 0 saturated carbocycles. The van der Waals surface area contributed by atoms with Crippen molar-refractivity contribution in [3.63, 3.8) is 0 Å². The third-order valence-electron chi connectivity index (χ3n) is 3.16. The first-order chi connectivity index (χ1) is 10.0. The fraction of sp³-hybridized carbons (Fsp3) is 0.250. The molecule has 1 unspecified atom stereocenters. The van der Waals surface area contributed by atoms with Gasteiger partial charge < -0.3 is 5.32 Å².